The number of pyridine rings is 1. The molecule has 2 N–H and O–H groups in total. The lowest BCUT2D eigenvalue weighted by molar-refractivity contribution is 0.489. The monoisotopic (exact) mass is 283 g/mol. The van der Waals surface area contributed by atoms with Gasteiger partial charge in [-0.15, -0.1) is 0 Å². The molecular formula is C15H13N3OS. The van der Waals surface area contributed by atoms with Gasteiger partial charge in [-0.05, 0) is 60.9 Å². The third kappa shape index (κ3) is 2.04. The average molecular weight is 283 g/mol. The summed E-state index contributed by atoms with van der Waals surface area (Å²) in [7, 11) is 0. The van der Waals surface area contributed by atoms with Gasteiger partial charge < -0.3 is 10.2 Å². The number of hydrogen-bond acceptors (Lipinski definition) is 5. The summed E-state index contributed by atoms with van der Waals surface area (Å²) in [5.74, 6) is 0. The lowest BCUT2D eigenvalue weighted by atomic mass is 10.2. The van der Waals surface area contributed by atoms with Crippen LogP contribution in [-0.2, 0) is 12.8 Å². The Morgan fingerprint density at radius 1 is 1.10 bits per heavy atom. The van der Waals surface area contributed by atoms with E-state index in [0.717, 1.165) is 29.0 Å². The van der Waals surface area contributed by atoms with Gasteiger partial charge in [-0.3, -0.25) is 0 Å². The number of nitrogens with two attached hydrogens (primary N) is 1. The minimum absolute atomic E-state index is 0.607. The van der Waals surface area contributed by atoms with Gasteiger partial charge in [-0.1, -0.05) is 6.07 Å². The van der Waals surface area contributed by atoms with Crippen LogP contribution in [0.2, 0.25) is 0 Å². The molecule has 0 unspecified atom stereocenters. The Morgan fingerprint density at radius 3 is 3.00 bits per heavy atom. The van der Waals surface area contributed by atoms with Crippen molar-refractivity contribution in [3.05, 3.63) is 41.6 Å². The number of aryl methyl sites for hydroxylation is 2. The molecular weight excluding hydrogens is 270 g/mol. The van der Waals surface area contributed by atoms with Crippen LogP contribution in [0.3, 0.4) is 0 Å². The normalized spacial score (nSPS) is 13.8. The van der Waals surface area contributed by atoms with E-state index >= 15 is 0 Å². The van der Waals surface area contributed by atoms with E-state index in [1.54, 1.807) is 0 Å². The molecule has 1 aliphatic rings. The Kier molecular flexibility index (Phi) is 2.67. The van der Waals surface area contributed by atoms with Gasteiger partial charge in [-0.2, -0.15) is 0 Å². The number of benzene rings is 1. The highest BCUT2D eigenvalue weighted by Crippen LogP contribution is 2.31. The van der Waals surface area contributed by atoms with E-state index in [1.807, 2.05) is 24.3 Å². The molecule has 0 aliphatic heterocycles. The van der Waals surface area contributed by atoms with Crippen LogP contribution < -0.4 is 5.73 Å². The van der Waals surface area contributed by atoms with Crippen molar-refractivity contribution in [1.29, 1.82) is 0 Å². The molecule has 3 aromatic rings. The summed E-state index contributed by atoms with van der Waals surface area (Å²) < 4.78 is 5.70. The molecule has 0 saturated carbocycles. The predicted octanol–water partition coefficient (Wildman–Crippen LogP) is 3.44. The van der Waals surface area contributed by atoms with Crippen LogP contribution >= 0.6 is 11.8 Å². The van der Waals surface area contributed by atoms with Crippen molar-refractivity contribution in [3.63, 3.8) is 0 Å². The molecule has 1 aromatic carbocycles. The molecule has 20 heavy (non-hydrogen) atoms. The van der Waals surface area contributed by atoms with Crippen LogP contribution in [-0.4, -0.2) is 9.97 Å². The molecule has 0 fully saturated rings. The second kappa shape index (κ2) is 4.52. The van der Waals surface area contributed by atoms with Crippen LogP contribution in [0.5, 0.6) is 0 Å². The van der Waals surface area contributed by atoms with E-state index in [0.29, 0.717) is 10.9 Å². The highest BCUT2D eigenvalue weighted by molar-refractivity contribution is 7.99. The van der Waals surface area contributed by atoms with Crippen molar-refractivity contribution in [1.82, 2.24) is 9.97 Å². The standard InChI is InChI=1S/C15H13N3OS/c16-10-5-6-13-12(8-10)18-15(19-13)20-14-7-4-9-2-1-3-11(9)17-14/h4-8H,1-3,16H2. The lowest BCUT2D eigenvalue weighted by Gasteiger charge is -2.00. The van der Waals surface area contributed by atoms with Crippen molar-refractivity contribution in [2.24, 2.45) is 0 Å². The molecule has 0 saturated heterocycles. The molecule has 0 radical (unpaired) electrons. The fourth-order valence-corrected chi connectivity index (χ4v) is 3.26. The zero-order chi connectivity index (χ0) is 13.5. The maximum atomic E-state index is 5.75. The Morgan fingerprint density at radius 2 is 2.05 bits per heavy atom. The van der Waals surface area contributed by atoms with Crippen LogP contribution in [0.1, 0.15) is 17.7 Å². The van der Waals surface area contributed by atoms with Crippen LogP contribution in [0, 0.1) is 0 Å². The van der Waals surface area contributed by atoms with Crippen LogP contribution in [0.4, 0.5) is 5.69 Å². The van der Waals surface area contributed by atoms with Gasteiger partial charge in [-0.25, -0.2) is 9.97 Å². The molecule has 2 heterocycles. The van der Waals surface area contributed by atoms with Crippen LogP contribution in [0.15, 0.2) is 45.0 Å². The van der Waals surface area contributed by atoms with Gasteiger partial charge >= 0.3 is 0 Å². The zero-order valence-electron chi connectivity index (χ0n) is 10.8. The highest BCUT2D eigenvalue weighted by atomic mass is 32.2. The minimum Gasteiger partial charge on any atom is -0.431 e. The molecule has 5 heteroatoms. The van der Waals surface area contributed by atoms with Gasteiger partial charge in [0, 0.05) is 11.4 Å². The van der Waals surface area contributed by atoms with Crippen LogP contribution in [0.25, 0.3) is 11.1 Å². The fraction of sp³-hybridized carbons (Fsp3) is 0.200. The molecule has 1 aliphatic carbocycles. The molecule has 0 bridgehead atoms. The third-order valence-electron chi connectivity index (χ3n) is 3.49. The van der Waals surface area contributed by atoms with Crippen molar-refractivity contribution >= 4 is 28.5 Å². The third-order valence-corrected chi connectivity index (χ3v) is 4.27. The van der Waals surface area contributed by atoms with Gasteiger partial charge in [0.25, 0.3) is 5.22 Å². The zero-order valence-corrected chi connectivity index (χ0v) is 11.6. The SMILES string of the molecule is Nc1ccc2oc(Sc3ccc4c(n3)CCC4)nc2c1. The molecule has 4 rings (SSSR count). The van der Waals surface area contributed by atoms with E-state index in [9.17, 15) is 0 Å². The summed E-state index contributed by atoms with van der Waals surface area (Å²) in [6.07, 6.45) is 3.43. The van der Waals surface area contributed by atoms with Crippen molar-refractivity contribution in [2.75, 3.05) is 5.73 Å². The molecule has 2 aromatic heterocycles. The Hall–Kier alpha value is -2.01. The highest BCUT2D eigenvalue weighted by Gasteiger charge is 2.14. The van der Waals surface area contributed by atoms with E-state index in [4.69, 9.17) is 10.2 Å². The summed E-state index contributed by atoms with van der Waals surface area (Å²) in [6, 6.07) is 9.68. The van der Waals surface area contributed by atoms with Gasteiger partial charge in [0.05, 0.1) is 0 Å². The summed E-state index contributed by atoms with van der Waals surface area (Å²) in [5.41, 5.74) is 10.6. The summed E-state index contributed by atoms with van der Waals surface area (Å²) in [5, 5.41) is 1.54. The molecule has 4 nitrogen and oxygen atoms in total. The Labute approximate surface area is 120 Å². The van der Waals surface area contributed by atoms with Gasteiger partial charge in [0.1, 0.15) is 10.5 Å². The number of nitrogens with zero attached hydrogens (tertiary/aromatic N) is 2. The number of nitrogen functional groups attached to an aromatic ring is 1. The van der Waals surface area contributed by atoms with E-state index in [1.165, 1.54) is 29.4 Å². The predicted molar refractivity (Wildman–Crippen MR) is 78.8 cm³/mol. The molecule has 100 valence electrons. The Bertz CT molecular complexity index is 797. The number of rotatable bonds is 2. The quantitative estimate of drug-likeness (QED) is 0.730. The summed E-state index contributed by atoms with van der Waals surface area (Å²) >= 11 is 1.46. The van der Waals surface area contributed by atoms with Crippen molar-refractivity contribution in [2.45, 2.75) is 29.5 Å². The van der Waals surface area contributed by atoms with Crippen molar-refractivity contribution < 1.29 is 4.42 Å². The minimum atomic E-state index is 0.607. The molecule has 0 spiro atoms. The van der Waals surface area contributed by atoms with Gasteiger partial charge in [0.15, 0.2) is 5.58 Å². The first-order chi connectivity index (χ1) is 9.78. The summed E-state index contributed by atoms with van der Waals surface area (Å²) in [6.45, 7) is 0. The van der Waals surface area contributed by atoms with Gasteiger partial charge in [0.2, 0.25) is 0 Å². The number of anilines is 1. The first-order valence-electron chi connectivity index (χ1n) is 6.61. The number of fused-ring (bicyclic) bond motifs is 2. The second-order valence-electron chi connectivity index (χ2n) is 4.92. The van der Waals surface area contributed by atoms with E-state index in [2.05, 4.69) is 16.0 Å². The molecule has 0 atom stereocenters. The first-order valence-corrected chi connectivity index (χ1v) is 7.42. The number of oxazole rings is 1. The fourth-order valence-electron chi connectivity index (χ4n) is 2.51. The maximum Gasteiger partial charge on any atom is 0.263 e. The maximum absolute atomic E-state index is 5.75. The number of aromatic nitrogens is 2. The van der Waals surface area contributed by atoms with E-state index < -0.39 is 0 Å². The average Bonchev–Trinajstić information content (AvgIpc) is 3.03. The van der Waals surface area contributed by atoms with Crippen molar-refractivity contribution in [3.8, 4) is 0 Å². The smallest absolute Gasteiger partial charge is 0.263 e. The lowest BCUT2D eigenvalue weighted by Crippen LogP contribution is -1.89. The Balaban J connectivity index is 1.66. The largest absolute Gasteiger partial charge is 0.431 e. The number of hydrogen-bond donors (Lipinski definition) is 1. The first kappa shape index (κ1) is 11.8. The second-order valence-corrected chi connectivity index (χ2v) is 5.89. The van der Waals surface area contributed by atoms with E-state index in [-0.39, 0.29) is 0 Å². The molecule has 0 amide bonds. The summed E-state index contributed by atoms with van der Waals surface area (Å²) in [4.78, 5) is 9.11. The topological polar surface area (TPSA) is 64.9 Å².